The van der Waals surface area contributed by atoms with E-state index >= 15 is 0 Å². The standard InChI is InChI=1S/C30H28N6O2/c1-37-24-16-12-23(13-17-24)36-19-22(33-35-36)20-38-25-14-10-21(11-15-25)18-31-34-30-26-6-2-4-8-28(26)32-29-9-5-3-7-27(29)30/h2,4,6,8,10-19H,3,5,7,9,20H2,1H3,(H,32,34)/b31-18+. The summed E-state index contributed by atoms with van der Waals surface area (Å²) >= 11 is 0. The molecule has 0 spiro atoms. The van der Waals surface area contributed by atoms with Crippen molar-refractivity contribution in [2.45, 2.75) is 32.3 Å². The van der Waals surface area contributed by atoms with E-state index in [-0.39, 0.29) is 0 Å². The second-order valence-electron chi connectivity index (χ2n) is 9.22. The van der Waals surface area contributed by atoms with Crippen LogP contribution < -0.4 is 14.9 Å². The summed E-state index contributed by atoms with van der Waals surface area (Å²) in [5.74, 6) is 1.55. The third-order valence-electron chi connectivity index (χ3n) is 6.70. The molecule has 2 aromatic heterocycles. The monoisotopic (exact) mass is 504 g/mol. The van der Waals surface area contributed by atoms with Crippen molar-refractivity contribution in [2.75, 3.05) is 12.5 Å². The Kier molecular flexibility index (Phi) is 6.68. The number of nitrogens with zero attached hydrogens (tertiary/aromatic N) is 5. The molecule has 2 heterocycles. The molecule has 0 saturated heterocycles. The van der Waals surface area contributed by atoms with Gasteiger partial charge in [0, 0.05) is 11.1 Å². The lowest BCUT2D eigenvalue weighted by Crippen LogP contribution is -2.09. The number of anilines is 1. The Morgan fingerprint density at radius 3 is 2.58 bits per heavy atom. The Hall–Kier alpha value is -4.72. The van der Waals surface area contributed by atoms with Crippen LogP contribution in [0.4, 0.5) is 5.69 Å². The van der Waals surface area contributed by atoms with Gasteiger partial charge in [0.2, 0.25) is 0 Å². The largest absolute Gasteiger partial charge is 0.497 e. The molecule has 0 radical (unpaired) electrons. The van der Waals surface area contributed by atoms with E-state index in [4.69, 9.17) is 14.5 Å². The molecule has 0 saturated carbocycles. The first-order valence-corrected chi connectivity index (χ1v) is 12.7. The molecule has 0 aliphatic heterocycles. The van der Waals surface area contributed by atoms with Gasteiger partial charge in [0.15, 0.2) is 0 Å². The van der Waals surface area contributed by atoms with Gasteiger partial charge in [-0.1, -0.05) is 23.4 Å². The summed E-state index contributed by atoms with van der Waals surface area (Å²) in [6.07, 6.45) is 8.12. The Morgan fingerprint density at radius 2 is 1.74 bits per heavy atom. The quantitative estimate of drug-likeness (QED) is 0.215. The molecule has 0 amide bonds. The van der Waals surface area contributed by atoms with Crippen molar-refractivity contribution in [1.29, 1.82) is 0 Å². The maximum absolute atomic E-state index is 5.91. The first kappa shape index (κ1) is 23.7. The molecule has 0 atom stereocenters. The van der Waals surface area contributed by atoms with Crippen LogP contribution in [0, 0.1) is 0 Å². The van der Waals surface area contributed by atoms with Crippen LogP contribution >= 0.6 is 0 Å². The fraction of sp³-hybridized carbons (Fsp3) is 0.200. The number of para-hydroxylation sites is 1. The first-order valence-electron chi connectivity index (χ1n) is 12.7. The minimum absolute atomic E-state index is 0.325. The zero-order valence-corrected chi connectivity index (χ0v) is 21.2. The number of hydrogen-bond acceptors (Lipinski definition) is 7. The van der Waals surface area contributed by atoms with Crippen LogP contribution in [0.5, 0.6) is 11.5 Å². The van der Waals surface area contributed by atoms with Crippen LogP contribution in [0.2, 0.25) is 0 Å². The molecule has 0 fully saturated rings. The van der Waals surface area contributed by atoms with Gasteiger partial charge in [0.1, 0.15) is 23.8 Å². The molecule has 1 aliphatic carbocycles. The summed E-state index contributed by atoms with van der Waals surface area (Å²) in [6.45, 7) is 0.325. The van der Waals surface area contributed by atoms with E-state index in [2.05, 4.69) is 33.0 Å². The van der Waals surface area contributed by atoms with Gasteiger partial charge in [0.05, 0.1) is 36.4 Å². The highest BCUT2D eigenvalue weighted by atomic mass is 16.5. The number of pyridine rings is 1. The van der Waals surface area contributed by atoms with Crippen molar-refractivity contribution < 1.29 is 9.47 Å². The van der Waals surface area contributed by atoms with E-state index in [1.807, 2.05) is 73.1 Å². The van der Waals surface area contributed by atoms with Crippen LogP contribution in [0.25, 0.3) is 16.6 Å². The van der Waals surface area contributed by atoms with Gasteiger partial charge in [-0.2, -0.15) is 5.10 Å². The van der Waals surface area contributed by atoms with Crippen LogP contribution in [0.15, 0.2) is 84.1 Å². The number of aromatic nitrogens is 4. The second-order valence-corrected chi connectivity index (χ2v) is 9.22. The number of methoxy groups -OCH3 is 1. The minimum atomic E-state index is 0.325. The molecular weight excluding hydrogens is 476 g/mol. The number of nitrogens with one attached hydrogen (secondary N) is 1. The highest BCUT2D eigenvalue weighted by Gasteiger charge is 2.17. The topological polar surface area (TPSA) is 86.5 Å². The molecule has 3 aromatic carbocycles. The number of hydrogen-bond donors (Lipinski definition) is 1. The molecule has 0 bridgehead atoms. The van der Waals surface area contributed by atoms with Gasteiger partial charge >= 0.3 is 0 Å². The van der Waals surface area contributed by atoms with Crippen LogP contribution in [-0.2, 0) is 19.4 Å². The van der Waals surface area contributed by atoms with Crippen molar-refractivity contribution in [3.63, 3.8) is 0 Å². The zero-order valence-electron chi connectivity index (χ0n) is 21.2. The molecule has 8 nitrogen and oxygen atoms in total. The summed E-state index contributed by atoms with van der Waals surface area (Å²) < 4.78 is 12.8. The maximum atomic E-state index is 5.91. The van der Waals surface area contributed by atoms with Crippen LogP contribution in [0.3, 0.4) is 0 Å². The Labute approximate surface area is 220 Å². The predicted octanol–water partition coefficient (Wildman–Crippen LogP) is 5.73. The van der Waals surface area contributed by atoms with Gasteiger partial charge in [-0.05, 0) is 91.4 Å². The Morgan fingerprint density at radius 1 is 0.947 bits per heavy atom. The lowest BCUT2D eigenvalue weighted by Gasteiger charge is -2.20. The highest BCUT2D eigenvalue weighted by molar-refractivity contribution is 5.94. The van der Waals surface area contributed by atoms with Crippen molar-refractivity contribution in [2.24, 2.45) is 5.10 Å². The van der Waals surface area contributed by atoms with Crippen molar-refractivity contribution in [3.8, 4) is 17.2 Å². The molecule has 8 heteroatoms. The summed E-state index contributed by atoms with van der Waals surface area (Å²) in [6, 6.07) is 23.7. The van der Waals surface area contributed by atoms with Gasteiger partial charge in [-0.15, -0.1) is 5.10 Å². The van der Waals surface area contributed by atoms with Gasteiger partial charge in [0.25, 0.3) is 0 Å². The SMILES string of the molecule is COc1ccc(-n2cc(COc3ccc(/C=N/Nc4c5c(nc6ccccc46)CCCC5)cc3)nn2)cc1. The third kappa shape index (κ3) is 5.06. The molecule has 190 valence electrons. The normalized spacial score (nSPS) is 13.0. The minimum Gasteiger partial charge on any atom is -0.497 e. The fourth-order valence-corrected chi connectivity index (χ4v) is 4.70. The average Bonchev–Trinajstić information content (AvgIpc) is 3.45. The zero-order chi connectivity index (χ0) is 25.7. The van der Waals surface area contributed by atoms with E-state index < -0.39 is 0 Å². The number of hydrazone groups is 1. The Bertz CT molecular complexity index is 1580. The fourth-order valence-electron chi connectivity index (χ4n) is 4.70. The number of benzene rings is 3. The lowest BCUT2D eigenvalue weighted by atomic mass is 9.93. The summed E-state index contributed by atoms with van der Waals surface area (Å²) in [5.41, 5.74) is 10.5. The number of fused-ring (bicyclic) bond motifs is 2. The maximum Gasteiger partial charge on any atom is 0.134 e. The molecule has 1 aliphatic rings. The van der Waals surface area contributed by atoms with E-state index in [0.29, 0.717) is 6.61 Å². The second kappa shape index (κ2) is 10.7. The number of ether oxygens (including phenoxy) is 2. The molecule has 6 rings (SSSR count). The molecule has 1 N–H and O–H groups in total. The third-order valence-corrected chi connectivity index (χ3v) is 6.70. The van der Waals surface area contributed by atoms with Crippen molar-refractivity contribution in [1.82, 2.24) is 20.0 Å². The summed E-state index contributed by atoms with van der Waals surface area (Å²) in [4.78, 5) is 4.89. The lowest BCUT2D eigenvalue weighted by molar-refractivity contribution is 0.301. The Balaban J connectivity index is 1.09. The smallest absolute Gasteiger partial charge is 0.134 e. The molecule has 0 unspecified atom stereocenters. The number of rotatable bonds is 8. The van der Waals surface area contributed by atoms with E-state index in [1.54, 1.807) is 11.8 Å². The average molecular weight is 505 g/mol. The van der Waals surface area contributed by atoms with Gasteiger partial charge in [-0.3, -0.25) is 10.4 Å². The molecule has 5 aromatic rings. The van der Waals surface area contributed by atoms with Crippen molar-refractivity contribution in [3.05, 3.63) is 102 Å². The van der Waals surface area contributed by atoms with Gasteiger partial charge < -0.3 is 9.47 Å². The van der Waals surface area contributed by atoms with Crippen LogP contribution in [-0.4, -0.2) is 33.3 Å². The summed E-state index contributed by atoms with van der Waals surface area (Å²) in [7, 11) is 1.65. The molecular formula is C30H28N6O2. The summed E-state index contributed by atoms with van der Waals surface area (Å²) in [5, 5.41) is 14.1. The van der Waals surface area contributed by atoms with E-state index in [1.165, 1.54) is 24.1 Å². The van der Waals surface area contributed by atoms with Crippen molar-refractivity contribution >= 4 is 22.8 Å². The first-order chi connectivity index (χ1) is 18.8. The molecule has 38 heavy (non-hydrogen) atoms. The van der Waals surface area contributed by atoms with E-state index in [9.17, 15) is 0 Å². The predicted molar refractivity (Wildman–Crippen MR) is 148 cm³/mol. The van der Waals surface area contributed by atoms with E-state index in [0.717, 1.165) is 57.9 Å². The highest BCUT2D eigenvalue weighted by Crippen LogP contribution is 2.33. The number of aryl methyl sites for hydroxylation is 1. The van der Waals surface area contributed by atoms with Gasteiger partial charge in [-0.25, -0.2) is 4.68 Å². The van der Waals surface area contributed by atoms with Crippen LogP contribution in [0.1, 0.15) is 35.4 Å².